The number of benzene rings is 1. The van der Waals surface area contributed by atoms with Crippen molar-refractivity contribution in [1.29, 1.82) is 0 Å². The van der Waals surface area contributed by atoms with E-state index in [0.29, 0.717) is 4.88 Å². The lowest BCUT2D eigenvalue weighted by Gasteiger charge is -2.21. The van der Waals surface area contributed by atoms with Crippen LogP contribution in [0.3, 0.4) is 0 Å². The van der Waals surface area contributed by atoms with E-state index >= 15 is 0 Å². The van der Waals surface area contributed by atoms with E-state index in [9.17, 15) is 18.0 Å². The van der Waals surface area contributed by atoms with Crippen LogP contribution < -0.4 is 4.72 Å². The molecule has 0 fully saturated rings. The Balaban J connectivity index is 2.00. The fraction of sp³-hybridized carbons (Fsp3) is 0.176. The predicted molar refractivity (Wildman–Crippen MR) is 93.3 cm³/mol. The second-order valence-corrected chi connectivity index (χ2v) is 8.24. The molecule has 1 aromatic carbocycles. The topological polar surface area (TPSA) is 98.8 Å². The number of Topliss-reactive ketones (excluding diaryl/α,β-unsaturated/α-hetero) is 1. The van der Waals surface area contributed by atoms with Crippen LogP contribution in [0.15, 0.2) is 64.4 Å². The van der Waals surface area contributed by atoms with Crippen molar-refractivity contribution in [2.24, 2.45) is 0 Å². The molecule has 0 aliphatic carbocycles. The van der Waals surface area contributed by atoms with Gasteiger partial charge in [-0.05, 0) is 30.5 Å². The molecule has 3 rings (SSSR count). The van der Waals surface area contributed by atoms with Gasteiger partial charge in [-0.15, -0.1) is 11.3 Å². The van der Waals surface area contributed by atoms with Crippen molar-refractivity contribution in [3.8, 4) is 0 Å². The molecule has 1 aliphatic heterocycles. The van der Waals surface area contributed by atoms with E-state index < -0.39 is 39.0 Å². The Hall–Kier alpha value is -2.65. The molecule has 1 atom stereocenters. The molecule has 0 saturated heterocycles. The normalized spacial score (nSPS) is 20.0. The highest BCUT2D eigenvalue weighted by Gasteiger charge is 2.51. The minimum Gasteiger partial charge on any atom is -0.455 e. The zero-order valence-corrected chi connectivity index (χ0v) is 15.5. The summed E-state index contributed by atoms with van der Waals surface area (Å²) >= 11 is 1.27. The number of thiophene rings is 1. The van der Waals surface area contributed by atoms with Gasteiger partial charge in [-0.1, -0.05) is 24.3 Å². The first-order valence-electron chi connectivity index (χ1n) is 7.52. The van der Waals surface area contributed by atoms with Crippen molar-refractivity contribution in [3.05, 3.63) is 64.4 Å². The molecule has 7 nitrogen and oxygen atoms in total. The SMILES string of the molecule is CC(=O)OC1=C(NS(=O)(=O)c2ccccc2)OC(C)(c2cccs2)C1=O. The quantitative estimate of drug-likeness (QED) is 0.783. The molecule has 136 valence electrons. The van der Waals surface area contributed by atoms with Crippen molar-refractivity contribution < 1.29 is 27.5 Å². The zero-order valence-electron chi connectivity index (χ0n) is 13.9. The minimum absolute atomic E-state index is 0.0181. The molecule has 0 amide bonds. The van der Waals surface area contributed by atoms with Crippen LogP contribution in [0.1, 0.15) is 18.7 Å². The van der Waals surface area contributed by atoms with E-state index in [0.717, 1.165) is 6.92 Å². The van der Waals surface area contributed by atoms with Crippen LogP contribution >= 0.6 is 11.3 Å². The average Bonchev–Trinajstić information content (AvgIpc) is 3.20. The Labute approximate surface area is 154 Å². The maximum absolute atomic E-state index is 12.8. The largest absolute Gasteiger partial charge is 0.455 e. The van der Waals surface area contributed by atoms with Crippen molar-refractivity contribution in [1.82, 2.24) is 4.72 Å². The van der Waals surface area contributed by atoms with Gasteiger partial charge < -0.3 is 9.47 Å². The Morgan fingerprint density at radius 1 is 1.19 bits per heavy atom. The Morgan fingerprint density at radius 2 is 1.88 bits per heavy atom. The van der Waals surface area contributed by atoms with Crippen molar-refractivity contribution >= 4 is 33.1 Å². The summed E-state index contributed by atoms with van der Waals surface area (Å²) in [4.78, 5) is 24.7. The number of carbonyl (C=O) groups excluding carboxylic acids is 2. The minimum atomic E-state index is -4.03. The first kappa shape index (κ1) is 18.2. The van der Waals surface area contributed by atoms with Crippen LogP contribution in [0, 0.1) is 0 Å². The van der Waals surface area contributed by atoms with Crippen LogP contribution in [0.2, 0.25) is 0 Å². The number of esters is 1. The third-order valence-corrected chi connectivity index (χ3v) is 6.09. The van der Waals surface area contributed by atoms with Gasteiger partial charge in [0.1, 0.15) is 0 Å². The maximum atomic E-state index is 12.8. The lowest BCUT2D eigenvalue weighted by atomic mass is 9.99. The number of hydrogen-bond donors (Lipinski definition) is 1. The standard InChI is InChI=1S/C17H15NO6S2/c1-11(19)23-14-15(20)17(2,13-9-6-10-25-13)24-16(14)18-26(21,22)12-7-4-3-5-8-12/h3-10,18H,1-2H3. The van der Waals surface area contributed by atoms with Gasteiger partial charge in [-0.25, -0.2) is 13.1 Å². The summed E-state index contributed by atoms with van der Waals surface area (Å²) in [5.41, 5.74) is -1.48. The van der Waals surface area contributed by atoms with E-state index in [2.05, 4.69) is 4.72 Å². The molecule has 0 spiro atoms. The Kier molecular flexibility index (Phi) is 4.59. The molecule has 1 unspecified atom stereocenters. The molecule has 2 heterocycles. The van der Waals surface area contributed by atoms with E-state index in [1.165, 1.54) is 30.4 Å². The summed E-state index contributed by atoms with van der Waals surface area (Å²) in [6.07, 6.45) is 0. The van der Waals surface area contributed by atoms with Gasteiger partial charge in [-0.2, -0.15) is 0 Å². The lowest BCUT2D eigenvalue weighted by Crippen LogP contribution is -2.31. The molecular formula is C17H15NO6S2. The van der Waals surface area contributed by atoms with Crippen LogP contribution in [0.4, 0.5) is 0 Å². The predicted octanol–water partition coefficient (Wildman–Crippen LogP) is 2.27. The summed E-state index contributed by atoms with van der Waals surface area (Å²) < 4.78 is 37.9. The third kappa shape index (κ3) is 3.23. The van der Waals surface area contributed by atoms with Gasteiger partial charge in [-0.3, -0.25) is 9.59 Å². The van der Waals surface area contributed by atoms with Crippen molar-refractivity contribution in [2.75, 3.05) is 0 Å². The van der Waals surface area contributed by atoms with Gasteiger partial charge in [0.25, 0.3) is 21.7 Å². The maximum Gasteiger partial charge on any atom is 0.308 e. The molecule has 26 heavy (non-hydrogen) atoms. The third-order valence-electron chi connectivity index (χ3n) is 3.67. The van der Waals surface area contributed by atoms with Gasteiger partial charge in [0.2, 0.25) is 11.4 Å². The number of ether oxygens (including phenoxy) is 2. The second kappa shape index (κ2) is 6.58. The van der Waals surface area contributed by atoms with Crippen molar-refractivity contribution in [3.63, 3.8) is 0 Å². The lowest BCUT2D eigenvalue weighted by molar-refractivity contribution is -0.142. The van der Waals surface area contributed by atoms with Crippen LogP contribution in [0.25, 0.3) is 0 Å². The van der Waals surface area contributed by atoms with E-state index in [-0.39, 0.29) is 4.90 Å². The molecule has 1 aromatic heterocycles. The molecule has 1 aliphatic rings. The first-order valence-corrected chi connectivity index (χ1v) is 9.88. The molecule has 0 bridgehead atoms. The molecule has 9 heteroatoms. The van der Waals surface area contributed by atoms with Gasteiger partial charge in [0.05, 0.1) is 9.77 Å². The molecule has 0 saturated carbocycles. The molecular weight excluding hydrogens is 378 g/mol. The monoisotopic (exact) mass is 393 g/mol. The number of hydrogen-bond acceptors (Lipinski definition) is 7. The molecule has 2 aromatic rings. The summed E-state index contributed by atoms with van der Waals surface area (Å²) in [5, 5.41) is 1.76. The summed E-state index contributed by atoms with van der Waals surface area (Å²) in [6.45, 7) is 2.61. The summed E-state index contributed by atoms with van der Waals surface area (Å²) in [6, 6.07) is 11.0. The van der Waals surface area contributed by atoms with E-state index in [1.807, 2.05) is 0 Å². The molecule has 0 radical (unpaired) electrons. The van der Waals surface area contributed by atoms with Crippen LogP contribution in [-0.4, -0.2) is 20.2 Å². The van der Waals surface area contributed by atoms with Gasteiger partial charge >= 0.3 is 5.97 Å². The van der Waals surface area contributed by atoms with Crippen molar-refractivity contribution in [2.45, 2.75) is 24.3 Å². The summed E-state index contributed by atoms with van der Waals surface area (Å²) in [7, 11) is -4.03. The number of rotatable bonds is 5. The highest BCUT2D eigenvalue weighted by molar-refractivity contribution is 7.89. The average molecular weight is 393 g/mol. The van der Waals surface area contributed by atoms with E-state index in [1.54, 1.807) is 35.7 Å². The van der Waals surface area contributed by atoms with Gasteiger partial charge in [0, 0.05) is 6.92 Å². The highest BCUT2D eigenvalue weighted by Crippen LogP contribution is 2.40. The fourth-order valence-corrected chi connectivity index (χ4v) is 4.24. The second-order valence-electron chi connectivity index (χ2n) is 5.61. The fourth-order valence-electron chi connectivity index (χ4n) is 2.41. The number of sulfonamides is 1. The number of nitrogens with one attached hydrogen (secondary N) is 1. The number of carbonyl (C=O) groups is 2. The van der Waals surface area contributed by atoms with Crippen LogP contribution in [0.5, 0.6) is 0 Å². The smallest absolute Gasteiger partial charge is 0.308 e. The van der Waals surface area contributed by atoms with E-state index in [4.69, 9.17) is 9.47 Å². The molecule has 1 N–H and O–H groups in total. The first-order chi connectivity index (χ1) is 12.2. The van der Waals surface area contributed by atoms with Gasteiger partial charge in [0.15, 0.2) is 0 Å². The Bertz CT molecular complexity index is 980. The van der Waals surface area contributed by atoms with Crippen LogP contribution in [-0.2, 0) is 34.7 Å². The zero-order chi connectivity index (χ0) is 18.9. The Morgan fingerprint density at radius 3 is 2.46 bits per heavy atom. The summed E-state index contributed by atoms with van der Waals surface area (Å²) in [5.74, 6) is -2.28. The highest BCUT2D eigenvalue weighted by atomic mass is 32.2. The number of ketones is 1.